The minimum atomic E-state index is 0.244. The first kappa shape index (κ1) is 14.0. The van der Waals surface area contributed by atoms with E-state index in [2.05, 4.69) is 10.3 Å². The normalized spacial score (nSPS) is 19.1. The average molecular weight is 261 g/mol. The fraction of sp³-hybridized carbons (Fsp3) is 0.600. The van der Waals surface area contributed by atoms with E-state index in [9.17, 15) is 4.79 Å². The Morgan fingerprint density at radius 3 is 2.89 bits per heavy atom. The van der Waals surface area contributed by atoms with Gasteiger partial charge in [-0.05, 0) is 43.5 Å². The SMILES string of the molecule is CN(CCc1ccncc1)C(=O)CC1CCCCN1. The summed E-state index contributed by atoms with van der Waals surface area (Å²) in [6.45, 7) is 1.83. The van der Waals surface area contributed by atoms with Crippen molar-refractivity contribution in [3.63, 3.8) is 0 Å². The smallest absolute Gasteiger partial charge is 0.223 e. The number of carbonyl (C=O) groups excluding carboxylic acids is 1. The second-order valence-electron chi connectivity index (χ2n) is 5.27. The summed E-state index contributed by atoms with van der Waals surface area (Å²) in [5, 5.41) is 3.42. The van der Waals surface area contributed by atoms with Crippen LogP contribution in [0, 0.1) is 0 Å². The van der Waals surface area contributed by atoms with Crippen LogP contribution in [0.15, 0.2) is 24.5 Å². The second kappa shape index (κ2) is 7.24. The molecule has 1 atom stereocenters. The van der Waals surface area contributed by atoms with Crippen molar-refractivity contribution < 1.29 is 4.79 Å². The van der Waals surface area contributed by atoms with Crippen LogP contribution in [0.3, 0.4) is 0 Å². The number of carbonyl (C=O) groups is 1. The van der Waals surface area contributed by atoms with E-state index in [1.54, 1.807) is 12.4 Å². The summed E-state index contributed by atoms with van der Waals surface area (Å²) >= 11 is 0. The molecule has 0 spiro atoms. The third-order valence-corrected chi connectivity index (χ3v) is 3.74. The molecule has 0 aromatic carbocycles. The van der Waals surface area contributed by atoms with Crippen molar-refractivity contribution >= 4 is 5.91 Å². The van der Waals surface area contributed by atoms with Gasteiger partial charge in [0.15, 0.2) is 0 Å². The lowest BCUT2D eigenvalue weighted by Gasteiger charge is -2.25. The monoisotopic (exact) mass is 261 g/mol. The maximum atomic E-state index is 12.1. The Labute approximate surface area is 115 Å². The van der Waals surface area contributed by atoms with Crippen LogP contribution in [-0.4, -0.2) is 42.0 Å². The minimum Gasteiger partial charge on any atom is -0.345 e. The quantitative estimate of drug-likeness (QED) is 0.876. The van der Waals surface area contributed by atoms with Crippen LogP contribution < -0.4 is 5.32 Å². The third kappa shape index (κ3) is 4.63. The van der Waals surface area contributed by atoms with E-state index in [1.165, 1.54) is 18.4 Å². The molecule has 4 nitrogen and oxygen atoms in total. The van der Waals surface area contributed by atoms with Crippen LogP contribution in [0.25, 0.3) is 0 Å². The third-order valence-electron chi connectivity index (χ3n) is 3.74. The summed E-state index contributed by atoms with van der Waals surface area (Å²) in [4.78, 5) is 17.9. The lowest BCUT2D eigenvalue weighted by Crippen LogP contribution is -2.39. The predicted octanol–water partition coefficient (Wildman–Crippen LogP) is 1.61. The van der Waals surface area contributed by atoms with Gasteiger partial charge in [-0.25, -0.2) is 0 Å². The number of nitrogens with one attached hydrogen (secondary N) is 1. The van der Waals surface area contributed by atoms with Gasteiger partial charge < -0.3 is 10.2 Å². The molecule has 1 aliphatic rings. The topological polar surface area (TPSA) is 45.2 Å². The predicted molar refractivity (Wildman–Crippen MR) is 75.8 cm³/mol. The first-order valence-corrected chi connectivity index (χ1v) is 7.12. The average Bonchev–Trinajstić information content (AvgIpc) is 2.47. The van der Waals surface area contributed by atoms with E-state index in [0.29, 0.717) is 12.5 Å². The van der Waals surface area contributed by atoms with E-state index in [4.69, 9.17) is 0 Å². The van der Waals surface area contributed by atoms with E-state index >= 15 is 0 Å². The number of piperidine rings is 1. The van der Waals surface area contributed by atoms with Gasteiger partial charge in [0.2, 0.25) is 5.91 Å². The number of likely N-dealkylation sites (N-methyl/N-ethyl adjacent to an activating group) is 1. The van der Waals surface area contributed by atoms with Crippen molar-refractivity contribution in [2.45, 2.75) is 38.1 Å². The molecule has 2 rings (SSSR count). The summed E-state index contributed by atoms with van der Waals surface area (Å²) < 4.78 is 0. The van der Waals surface area contributed by atoms with Crippen LogP contribution in [0.1, 0.15) is 31.2 Å². The van der Waals surface area contributed by atoms with Crippen LogP contribution in [0.5, 0.6) is 0 Å². The van der Waals surface area contributed by atoms with Gasteiger partial charge in [-0.15, -0.1) is 0 Å². The molecule has 19 heavy (non-hydrogen) atoms. The Hall–Kier alpha value is -1.42. The summed E-state index contributed by atoms with van der Waals surface area (Å²) in [5.41, 5.74) is 1.23. The largest absolute Gasteiger partial charge is 0.345 e. The summed E-state index contributed by atoms with van der Waals surface area (Å²) in [6, 6.07) is 4.38. The zero-order chi connectivity index (χ0) is 13.5. The number of nitrogens with zero attached hydrogens (tertiary/aromatic N) is 2. The molecular weight excluding hydrogens is 238 g/mol. The number of rotatable bonds is 5. The summed E-state index contributed by atoms with van der Waals surface area (Å²) in [5.74, 6) is 0.244. The fourth-order valence-electron chi connectivity index (χ4n) is 2.44. The molecule has 0 aliphatic carbocycles. The van der Waals surface area contributed by atoms with Crippen molar-refractivity contribution in [1.82, 2.24) is 15.2 Å². The highest BCUT2D eigenvalue weighted by Gasteiger charge is 2.18. The van der Waals surface area contributed by atoms with Crippen molar-refractivity contribution in [2.75, 3.05) is 20.1 Å². The van der Waals surface area contributed by atoms with E-state index in [1.807, 2.05) is 24.1 Å². The molecule has 1 saturated heterocycles. The molecule has 104 valence electrons. The molecule has 2 heterocycles. The van der Waals surface area contributed by atoms with Gasteiger partial charge in [0.05, 0.1) is 0 Å². The molecule has 1 aromatic heterocycles. The molecule has 0 bridgehead atoms. The Morgan fingerprint density at radius 1 is 1.42 bits per heavy atom. The molecule has 1 amide bonds. The second-order valence-corrected chi connectivity index (χ2v) is 5.27. The van der Waals surface area contributed by atoms with Crippen molar-refractivity contribution in [3.8, 4) is 0 Å². The van der Waals surface area contributed by atoms with Crippen LogP contribution in [-0.2, 0) is 11.2 Å². The first-order chi connectivity index (χ1) is 9.25. The molecule has 0 saturated carbocycles. The Morgan fingerprint density at radius 2 is 2.21 bits per heavy atom. The number of pyridine rings is 1. The Balaban J connectivity index is 1.72. The van der Waals surface area contributed by atoms with Gasteiger partial charge in [-0.3, -0.25) is 9.78 Å². The zero-order valence-corrected chi connectivity index (χ0v) is 11.6. The number of aromatic nitrogens is 1. The van der Waals surface area contributed by atoms with Gasteiger partial charge in [-0.1, -0.05) is 6.42 Å². The van der Waals surface area contributed by atoms with Crippen LogP contribution >= 0.6 is 0 Å². The highest BCUT2D eigenvalue weighted by Crippen LogP contribution is 2.11. The molecule has 1 aliphatic heterocycles. The molecule has 0 radical (unpaired) electrons. The first-order valence-electron chi connectivity index (χ1n) is 7.12. The maximum absolute atomic E-state index is 12.1. The summed E-state index contributed by atoms with van der Waals surface area (Å²) in [7, 11) is 1.90. The molecular formula is C15H23N3O. The maximum Gasteiger partial charge on any atom is 0.223 e. The standard InChI is InChI=1S/C15H23N3O/c1-18(11-7-13-5-9-16-10-6-13)15(19)12-14-4-2-3-8-17-14/h5-6,9-10,14,17H,2-4,7-8,11-12H2,1H3. The van der Waals surface area contributed by atoms with Crippen molar-refractivity contribution in [1.29, 1.82) is 0 Å². The number of hydrogen-bond donors (Lipinski definition) is 1. The summed E-state index contributed by atoms with van der Waals surface area (Å²) in [6.07, 6.45) is 8.72. The van der Waals surface area contributed by atoms with E-state index in [0.717, 1.165) is 25.9 Å². The fourth-order valence-corrected chi connectivity index (χ4v) is 2.44. The zero-order valence-electron chi connectivity index (χ0n) is 11.6. The molecule has 1 fully saturated rings. The molecule has 1 unspecified atom stereocenters. The van der Waals surface area contributed by atoms with Gasteiger partial charge in [0, 0.05) is 38.4 Å². The van der Waals surface area contributed by atoms with Crippen LogP contribution in [0.4, 0.5) is 0 Å². The Bertz CT molecular complexity index is 388. The van der Waals surface area contributed by atoms with Crippen molar-refractivity contribution in [2.24, 2.45) is 0 Å². The van der Waals surface area contributed by atoms with Gasteiger partial charge >= 0.3 is 0 Å². The van der Waals surface area contributed by atoms with Crippen LogP contribution in [0.2, 0.25) is 0 Å². The lowest BCUT2D eigenvalue weighted by molar-refractivity contribution is -0.130. The number of hydrogen-bond acceptors (Lipinski definition) is 3. The van der Waals surface area contributed by atoms with E-state index < -0.39 is 0 Å². The lowest BCUT2D eigenvalue weighted by atomic mass is 10.0. The highest BCUT2D eigenvalue weighted by atomic mass is 16.2. The molecule has 1 aromatic rings. The number of amides is 1. The minimum absolute atomic E-state index is 0.244. The van der Waals surface area contributed by atoms with Gasteiger partial charge in [0.25, 0.3) is 0 Å². The Kier molecular flexibility index (Phi) is 5.33. The van der Waals surface area contributed by atoms with Crippen molar-refractivity contribution in [3.05, 3.63) is 30.1 Å². The highest BCUT2D eigenvalue weighted by molar-refractivity contribution is 5.76. The molecule has 4 heteroatoms. The van der Waals surface area contributed by atoms with Gasteiger partial charge in [0.1, 0.15) is 0 Å². The van der Waals surface area contributed by atoms with Gasteiger partial charge in [-0.2, -0.15) is 0 Å². The van der Waals surface area contributed by atoms with E-state index in [-0.39, 0.29) is 5.91 Å². The molecule has 1 N–H and O–H groups in total.